The first-order chi connectivity index (χ1) is 10.0. The highest BCUT2D eigenvalue weighted by atomic mass is 16.5. The van der Waals surface area contributed by atoms with Gasteiger partial charge in [-0.25, -0.2) is 0 Å². The monoisotopic (exact) mass is 295 g/mol. The third-order valence-corrected chi connectivity index (χ3v) is 3.30. The maximum Gasteiger partial charge on any atom is 0.0897 e. The van der Waals surface area contributed by atoms with Crippen LogP contribution in [0, 0.1) is 6.92 Å². The van der Waals surface area contributed by atoms with Crippen LogP contribution in [-0.2, 0) is 9.47 Å². The summed E-state index contributed by atoms with van der Waals surface area (Å²) in [6.45, 7) is 10.1. The predicted octanol–water partition coefficient (Wildman–Crippen LogP) is 2.45. The van der Waals surface area contributed by atoms with Gasteiger partial charge in [-0.05, 0) is 38.8 Å². The molecule has 0 heterocycles. The summed E-state index contributed by atoms with van der Waals surface area (Å²) in [6, 6.07) is 8.49. The van der Waals surface area contributed by atoms with Crippen molar-refractivity contribution in [1.82, 2.24) is 5.32 Å². The lowest BCUT2D eigenvalue weighted by molar-refractivity contribution is -0.0104. The van der Waals surface area contributed by atoms with E-state index in [2.05, 4.69) is 31.3 Å². The van der Waals surface area contributed by atoms with E-state index in [0.717, 1.165) is 0 Å². The molecule has 1 rings (SSSR count). The molecule has 4 heteroatoms. The summed E-state index contributed by atoms with van der Waals surface area (Å²) in [5.41, 5.74) is 2.52. The third-order valence-electron chi connectivity index (χ3n) is 3.30. The molecule has 2 atom stereocenters. The number of rotatable bonds is 10. The average molecular weight is 295 g/mol. The van der Waals surface area contributed by atoms with Crippen LogP contribution in [0.2, 0.25) is 0 Å². The highest BCUT2D eigenvalue weighted by molar-refractivity contribution is 5.28. The molecule has 0 aliphatic heterocycles. The van der Waals surface area contributed by atoms with Gasteiger partial charge in [0.1, 0.15) is 0 Å². The smallest absolute Gasteiger partial charge is 0.0897 e. The molecule has 1 aromatic carbocycles. The molecular weight excluding hydrogens is 266 g/mol. The summed E-state index contributed by atoms with van der Waals surface area (Å²) in [4.78, 5) is 0. The van der Waals surface area contributed by atoms with E-state index in [0.29, 0.717) is 26.4 Å². The first-order valence-electron chi connectivity index (χ1n) is 7.67. The maximum atomic E-state index is 9.89. The van der Waals surface area contributed by atoms with Gasteiger partial charge in [-0.3, -0.25) is 0 Å². The molecule has 0 amide bonds. The molecule has 21 heavy (non-hydrogen) atoms. The van der Waals surface area contributed by atoms with Gasteiger partial charge in [-0.1, -0.05) is 24.3 Å². The summed E-state index contributed by atoms with van der Waals surface area (Å²) < 4.78 is 10.8. The van der Waals surface area contributed by atoms with Crippen LogP contribution in [0.4, 0.5) is 0 Å². The predicted molar refractivity (Wildman–Crippen MR) is 85.5 cm³/mol. The fourth-order valence-corrected chi connectivity index (χ4v) is 2.12. The summed E-state index contributed by atoms with van der Waals surface area (Å²) in [5, 5.41) is 13.2. The Balaban J connectivity index is 2.18. The normalized spacial score (nSPS) is 14.4. The summed E-state index contributed by atoms with van der Waals surface area (Å²) >= 11 is 0. The second-order valence-corrected chi connectivity index (χ2v) is 5.63. The zero-order valence-corrected chi connectivity index (χ0v) is 13.6. The van der Waals surface area contributed by atoms with Crippen molar-refractivity contribution in [3.8, 4) is 0 Å². The van der Waals surface area contributed by atoms with E-state index in [4.69, 9.17) is 9.47 Å². The summed E-state index contributed by atoms with van der Waals surface area (Å²) in [5.74, 6) is 0. The minimum atomic E-state index is -0.504. The molecule has 1 aromatic rings. The van der Waals surface area contributed by atoms with Crippen molar-refractivity contribution >= 4 is 0 Å². The van der Waals surface area contributed by atoms with Crippen LogP contribution in [0.1, 0.15) is 37.9 Å². The van der Waals surface area contributed by atoms with E-state index in [1.807, 2.05) is 26.0 Å². The van der Waals surface area contributed by atoms with Crippen LogP contribution >= 0.6 is 0 Å². The minimum absolute atomic E-state index is 0.213. The SMILES string of the molecule is Cc1ccccc1[C@H](C)NCC(O)COCCOC(C)C. The molecule has 120 valence electrons. The van der Waals surface area contributed by atoms with Crippen molar-refractivity contribution < 1.29 is 14.6 Å². The van der Waals surface area contributed by atoms with Gasteiger partial charge in [0.25, 0.3) is 0 Å². The van der Waals surface area contributed by atoms with Gasteiger partial charge in [0.05, 0.1) is 32.0 Å². The highest BCUT2D eigenvalue weighted by Gasteiger charge is 2.10. The molecule has 0 saturated carbocycles. The zero-order chi connectivity index (χ0) is 15.7. The first kappa shape index (κ1) is 18.1. The van der Waals surface area contributed by atoms with E-state index < -0.39 is 6.10 Å². The van der Waals surface area contributed by atoms with Crippen LogP contribution in [0.3, 0.4) is 0 Å². The Bertz CT molecular complexity index is 395. The largest absolute Gasteiger partial charge is 0.389 e. The van der Waals surface area contributed by atoms with Crippen LogP contribution in [0.15, 0.2) is 24.3 Å². The molecule has 0 radical (unpaired) electrons. The van der Waals surface area contributed by atoms with E-state index in [9.17, 15) is 5.11 Å². The third kappa shape index (κ3) is 7.58. The van der Waals surface area contributed by atoms with Crippen molar-refractivity contribution in [2.45, 2.75) is 45.9 Å². The van der Waals surface area contributed by atoms with Gasteiger partial charge in [0.15, 0.2) is 0 Å². The fraction of sp³-hybridized carbons (Fsp3) is 0.647. The highest BCUT2D eigenvalue weighted by Crippen LogP contribution is 2.16. The van der Waals surface area contributed by atoms with Crippen molar-refractivity contribution in [3.63, 3.8) is 0 Å². The summed E-state index contributed by atoms with van der Waals surface area (Å²) in [7, 11) is 0. The van der Waals surface area contributed by atoms with E-state index in [1.165, 1.54) is 11.1 Å². The lowest BCUT2D eigenvalue weighted by atomic mass is 10.0. The first-order valence-corrected chi connectivity index (χ1v) is 7.67. The minimum Gasteiger partial charge on any atom is -0.389 e. The van der Waals surface area contributed by atoms with E-state index in [1.54, 1.807) is 0 Å². The van der Waals surface area contributed by atoms with Gasteiger partial charge in [-0.15, -0.1) is 0 Å². The maximum absolute atomic E-state index is 9.89. The lowest BCUT2D eigenvalue weighted by Crippen LogP contribution is -2.32. The molecule has 4 nitrogen and oxygen atoms in total. The molecule has 0 aliphatic carbocycles. The number of benzene rings is 1. The number of aliphatic hydroxyl groups excluding tert-OH is 1. The molecule has 0 fully saturated rings. The van der Waals surface area contributed by atoms with E-state index >= 15 is 0 Å². The van der Waals surface area contributed by atoms with Gasteiger partial charge in [0.2, 0.25) is 0 Å². The molecule has 0 aromatic heterocycles. The van der Waals surface area contributed by atoms with Gasteiger partial charge >= 0.3 is 0 Å². The molecule has 0 aliphatic rings. The van der Waals surface area contributed by atoms with Crippen molar-refractivity contribution in [2.24, 2.45) is 0 Å². The lowest BCUT2D eigenvalue weighted by Gasteiger charge is -2.19. The number of aliphatic hydroxyl groups is 1. The van der Waals surface area contributed by atoms with Crippen LogP contribution in [0.25, 0.3) is 0 Å². The van der Waals surface area contributed by atoms with E-state index in [-0.39, 0.29) is 12.1 Å². The Labute approximate surface area is 128 Å². The molecule has 2 N–H and O–H groups in total. The Morgan fingerprint density at radius 3 is 2.52 bits per heavy atom. The Hall–Kier alpha value is -0.940. The molecule has 0 saturated heterocycles. The second kappa shape index (κ2) is 9.90. The van der Waals surface area contributed by atoms with Crippen LogP contribution < -0.4 is 5.32 Å². The topological polar surface area (TPSA) is 50.7 Å². The number of aryl methyl sites for hydroxylation is 1. The molecule has 0 bridgehead atoms. The fourth-order valence-electron chi connectivity index (χ4n) is 2.12. The Kier molecular flexibility index (Phi) is 8.54. The zero-order valence-electron chi connectivity index (χ0n) is 13.6. The van der Waals surface area contributed by atoms with Crippen LogP contribution in [0.5, 0.6) is 0 Å². The van der Waals surface area contributed by atoms with Gasteiger partial charge in [0, 0.05) is 12.6 Å². The number of ether oxygens (including phenoxy) is 2. The number of hydrogen-bond donors (Lipinski definition) is 2. The molecule has 1 unspecified atom stereocenters. The quantitative estimate of drug-likeness (QED) is 0.651. The van der Waals surface area contributed by atoms with Gasteiger partial charge in [-0.2, -0.15) is 0 Å². The van der Waals surface area contributed by atoms with Crippen molar-refractivity contribution in [2.75, 3.05) is 26.4 Å². The van der Waals surface area contributed by atoms with Gasteiger partial charge < -0.3 is 19.9 Å². The Morgan fingerprint density at radius 2 is 1.86 bits per heavy atom. The summed E-state index contributed by atoms with van der Waals surface area (Å²) in [6.07, 6.45) is -0.286. The van der Waals surface area contributed by atoms with Crippen LogP contribution in [-0.4, -0.2) is 43.7 Å². The molecule has 0 spiro atoms. The number of nitrogens with one attached hydrogen (secondary N) is 1. The van der Waals surface area contributed by atoms with Crippen molar-refractivity contribution in [1.29, 1.82) is 0 Å². The Morgan fingerprint density at radius 1 is 1.14 bits per heavy atom. The second-order valence-electron chi connectivity index (χ2n) is 5.63. The number of hydrogen-bond acceptors (Lipinski definition) is 4. The average Bonchev–Trinajstić information content (AvgIpc) is 2.44. The standard InChI is InChI=1S/C17H29NO3/c1-13(2)21-10-9-20-12-16(19)11-18-15(4)17-8-6-5-7-14(17)3/h5-8,13,15-16,18-19H,9-12H2,1-4H3/t15-,16?/m0/s1. The molecular formula is C17H29NO3. The van der Waals surface area contributed by atoms with Crippen molar-refractivity contribution in [3.05, 3.63) is 35.4 Å².